The Balaban J connectivity index is 2.76. The van der Waals surface area contributed by atoms with E-state index in [4.69, 9.17) is 0 Å². The number of hydrogen-bond acceptors (Lipinski definition) is 3. The molecule has 10 heavy (non-hydrogen) atoms. The van der Waals surface area contributed by atoms with E-state index in [1.54, 1.807) is 24.5 Å². The maximum absolute atomic E-state index is 9.81. The molecule has 0 spiro atoms. The second-order valence-corrected chi connectivity index (χ2v) is 1.63. The molecule has 0 atom stereocenters. The van der Waals surface area contributed by atoms with Gasteiger partial charge < -0.3 is 0 Å². The molecule has 1 aromatic rings. The third kappa shape index (κ3) is 1.78. The SMILES string of the molecule is O=CC=Nc1cccnc1. The van der Waals surface area contributed by atoms with Gasteiger partial charge in [0.05, 0.1) is 18.1 Å². The number of carbonyl (C=O) groups excluding carboxylic acids is 1. The molecular formula is C7H6N2O. The zero-order valence-electron chi connectivity index (χ0n) is 5.27. The van der Waals surface area contributed by atoms with Crippen LogP contribution in [0.25, 0.3) is 0 Å². The molecular weight excluding hydrogens is 128 g/mol. The van der Waals surface area contributed by atoms with Gasteiger partial charge in [-0.1, -0.05) is 0 Å². The van der Waals surface area contributed by atoms with Gasteiger partial charge in [-0.2, -0.15) is 0 Å². The van der Waals surface area contributed by atoms with Gasteiger partial charge in [-0.25, -0.2) is 0 Å². The molecule has 0 amide bonds. The Bertz CT molecular complexity index is 231. The number of carbonyl (C=O) groups is 1. The fourth-order valence-corrected chi connectivity index (χ4v) is 0.547. The Morgan fingerprint density at radius 1 is 1.60 bits per heavy atom. The summed E-state index contributed by atoms with van der Waals surface area (Å²) in [5.41, 5.74) is 0.689. The average molecular weight is 134 g/mol. The van der Waals surface area contributed by atoms with Crippen LogP contribution in [0.2, 0.25) is 0 Å². The summed E-state index contributed by atoms with van der Waals surface area (Å²) in [5.74, 6) is 0. The van der Waals surface area contributed by atoms with Gasteiger partial charge in [-0.15, -0.1) is 0 Å². The smallest absolute Gasteiger partial charge is 0.161 e. The minimum atomic E-state index is 0.632. The van der Waals surface area contributed by atoms with Gasteiger partial charge >= 0.3 is 0 Å². The van der Waals surface area contributed by atoms with Crippen molar-refractivity contribution in [2.24, 2.45) is 4.99 Å². The Labute approximate surface area is 58.4 Å². The van der Waals surface area contributed by atoms with Crippen LogP contribution in [0.5, 0.6) is 0 Å². The van der Waals surface area contributed by atoms with E-state index in [1.807, 2.05) is 0 Å². The van der Waals surface area contributed by atoms with E-state index in [0.717, 1.165) is 0 Å². The van der Waals surface area contributed by atoms with Crippen LogP contribution < -0.4 is 0 Å². The van der Waals surface area contributed by atoms with Crippen LogP contribution in [0, 0.1) is 0 Å². The molecule has 0 saturated heterocycles. The first-order valence-electron chi connectivity index (χ1n) is 2.81. The first kappa shape index (κ1) is 6.61. The quantitative estimate of drug-likeness (QED) is 0.447. The monoisotopic (exact) mass is 134 g/mol. The number of rotatable bonds is 2. The summed E-state index contributed by atoms with van der Waals surface area (Å²) in [7, 11) is 0. The molecule has 1 aromatic heterocycles. The molecule has 3 heteroatoms. The summed E-state index contributed by atoms with van der Waals surface area (Å²) in [6.07, 6.45) is 5.06. The molecule has 0 aliphatic heterocycles. The molecule has 0 fully saturated rings. The number of aromatic nitrogens is 1. The molecule has 0 N–H and O–H groups in total. The lowest BCUT2D eigenvalue weighted by Gasteiger charge is -1.85. The van der Waals surface area contributed by atoms with Gasteiger partial charge in [-0.3, -0.25) is 14.8 Å². The number of nitrogens with zero attached hydrogens (tertiary/aromatic N) is 2. The Morgan fingerprint density at radius 3 is 3.10 bits per heavy atom. The predicted octanol–water partition coefficient (Wildman–Crippen LogP) is 0.983. The molecule has 0 aromatic carbocycles. The molecule has 1 heterocycles. The summed E-state index contributed by atoms with van der Waals surface area (Å²) in [6.45, 7) is 0. The van der Waals surface area contributed by atoms with Crippen LogP contribution >= 0.6 is 0 Å². The van der Waals surface area contributed by atoms with E-state index in [1.165, 1.54) is 6.21 Å². The summed E-state index contributed by atoms with van der Waals surface area (Å²) >= 11 is 0. The van der Waals surface area contributed by atoms with Crippen LogP contribution in [0.4, 0.5) is 5.69 Å². The zero-order valence-corrected chi connectivity index (χ0v) is 5.27. The van der Waals surface area contributed by atoms with E-state index >= 15 is 0 Å². The fourth-order valence-electron chi connectivity index (χ4n) is 0.547. The van der Waals surface area contributed by atoms with Gasteiger partial charge in [-0.05, 0) is 12.1 Å². The molecule has 0 radical (unpaired) electrons. The van der Waals surface area contributed by atoms with Crippen molar-refractivity contribution in [2.45, 2.75) is 0 Å². The number of pyridine rings is 1. The van der Waals surface area contributed by atoms with Gasteiger partial charge in [0.2, 0.25) is 0 Å². The summed E-state index contributed by atoms with van der Waals surface area (Å²) in [5, 5.41) is 0. The van der Waals surface area contributed by atoms with E-state index in [2.05, 4.69) is 9.98 Å². The first-order chi connectivity index (χ1) is 4.93. The highest BCUT2D eigenvalue weighted by Crippen LogP contribution is 2.05. The lowest BCUT2D eigenvalue weighted by molar-refractivity contribution is -0.102. The van der Waals surface area contributed by atoms with Gasteiger partial charge in [0.25, 0.3) is 0 Å². The van der Waals surface area contributed by atoms with Crippen molar-refractivity contribution in [3.05, 3.63) is 24.5 Å². The largest absolute Gasteiger partial charge is 0.297 e. The molecule has 50 valence electrons. The van der Waals surface area contributed by atoms with Crippen LogP contribution in [-0.2, 0) is 4.79 Å². The molecule has 3 nitrogen and oxygen atoms in total. The highest BCUT2D eigenvalue weighted by Gasteiger charge is 1.81. The second kappa shape index (κ2) is 3.50. The summed E-state index contributed by atoms with van der Waals surface area (Å²) in [4.78, 5) is 17.4. The van der Waals surface area contributed by atoms with Crippen LogP contribution in [-0.4, -0.2) is 17.5 Å². The van der Waals surface area contributed by atoms with E-state index < -0.39 is 0 Å². The molecule has 0 unspecified atom stereocenters. The zero-order chi connectivity index (χ0) is 7.23. The van der Waals surface area contributed by atoms with Crippen molar-refractivity contribution in [1.82, 2.24) is 4.98 Å². The van der Waals surface area contributed by atoms with Crippen molar-refractivity contribution in [1.29, 1.82) is 0 Å². The minimum Gasteiger partial charge on any atom is -0.297 e. The van der Waals surface area contributed by atoms with Gasteiger partial charge in [0.1, 0.15) is 0 Å². The van der Waals surface area contributed by atoms with Crippen LogP contribution in [0.1, 0.15) is 0 Å². The Kier molecular flexibility index (Phi) is 2.31. The predicted molar refractivity (Wildman–Crippen MR) is 38.5 cm³/mol. The number of hydrogen-bond donors (Lipinski definition) is 0. The van der Waals surface area contributed by atoms with E-state index in [9.17, 15) is 4.79 Å². The third-order valence-electron chi connectivity index (χ3n) is 0.930. The van der Waals surface area contributed by atoms with Gasteiger partial charge in [0, 0.05) is 6.20 Å². The van der Waals surface area contributed by atoms with Gasteiger partial charge in [0.15, 0.2) is 6.29 Å². The van der Waals surface area contributed by atoms with E-state index in [0.29, 0.717) is 12.0 Å². The highest BCUT2D eigenvalue weighted by molar-refractivity contribution is 6.13. The maximum Gasteiger partial charge on any atom is 0.161 e. The number of aldehydes is 1. The molecule has 1 rings (SSSR count). The molecule has 0 saturated carbocycles. The number of aliphatic imine (C=N–C) groups is 1. The van der Waals surface area contributed by atoms with Crippen molar-refractivity contribution < 1.29 is 4.79 Å². The third-order valence-corrected chi connectivity index (χ3v) is 0.930. The normalized spacial score (nSPS) is 10.0. The first-order valence-corrected chi connectivity index (χ1v) is 2.81. The van der Waals surface area contributed by atoms with E-state index in [-0.39, 0.29) is 0 Å². The summed E-state index contributed by atoms with van der Waals surface area (Å²) < 4.78 is 0. The summed E-state index contributed by atoms with van der Waals surface area (Å²) in [6, 6.07) is 3.53. The molecule has 0 aliphatic carbocycles. The highest BCUT2D eigenvalue weighted by atomic mass is 16.1. The van der Waals surface area contributed by atoms with Crippen molar-refractivity contribution in [3.8, 4) is 0 Å². The Hall–Kier alpha value is -1.51. The van der Waals surface area contributed by atoms with Crippen molar-refractivity contribution >= 4 is 18.2 Å². The standard InChI is InChI=1S/C7H6N2O/c10-5-4-9-7-2-1-3-8-6-7/h1-6H. The van der Waals surface area contributed by atoms with Crippen LogP contribution in [0.15, 0.2) is 29.5 Å². The fraction of sp³-hybridized carbons (Fsp3) is 0. The average Bonchev–Trinajstić information content (AvgIpc) is 2.03. The maximum atomic E-state index is 9.81. The van der Waals surface area contributed by atoms with Crippen molar-refractivity contribution in [2.75, 3.05) is 0 Å². The minimum absolute atomic E-state index is 0.632. The lowest BCUT2D eigenvalue weighted by Crippen LogP contribution is -1.72. The molecule has 0 aliphatic rings. The lowest BCUT2D eigenvalue weighted by atomic mass is 10.4. The van der Waals surface area contributed by atoms with Crippen LogP contribution in [0.3, 0.4) is 0 Å². The topological polar surface area (TPSA) is 42.3 Å². The second-order valence-electron chi connectivity index (χ2n) is 1.63. The van der Waals surface area contributed by atoms with Crippen molar-refractivity contribution in [3.63, 3.8) is 0 Å². The molecule has 0 bridgehead atoms. The Morgan fingerprint density at radius 2 is 2.50 bits per heavy atom.